The third-order valence-corrected chi connectivity index (χ3v) is 2.83. The van der Waals surface area contributed by atoms with Crippen molar-refractivity contribution in [2.45, 2.75) is 25.7 Å². The number of nitrogens with two attached hydrogens (primary N) is 1. The monoisotopic (exact) mass is 239 g/mol. The van der Waals surface area contributed by atoms with Crippen molar-refractivity contribution in [3.05, 3.63) is 35.6 Å². The summed E-state index contributed by atoms with van der Waals surface area (Å²) < 4.78 is 18.2. The molecule has 1 atom stereocenters. The molecule has 1 rings (SSSR count). The van der Waals surface area contributed by atoms with Gasteiger partial charge in [-0.2, -0.15) is 0 Å². The van der Waals surface area contributed by atoms with Crippen molar-refractivity contribution in [1.82, 2.24) is 0 Å². The summed E-state index contributed by atoms with van der Waals surface area (Å²) in [5.41, 5.74) is 5.24. The van der Waals surface area contributed by atoms with Crippen LogP contribution in [0.4, 0.5) is 4.39 Å². The van der Waals surface area contributed by atoms with Gasteiger partial charge >= 0.3 is 5.97 Å². The van der Waals surface area contributed by atoms with Gasteiger partial charge in [-0.1, -0.05) is 12.1 Å². The molecular formula is C13H18FNO2. The number of hydrogen-bond donors (Lipinski definition) is 1. The van der Waals surface area contributed by atoms with Crippen molar-refractivity contribution < 1.29 is 13.9 Å². The van der Waals surface area contributed by atoms with Crippen molar-refractivity contribution in [3.8, 4) is 0 Å². The molecular weight excluding hydrogens is 221 g/mol. The van der Waals surface area contributed by atoms with Crippen LogP contribution in [-0.2, 0) is 14.9 Å². The predicted molar refractivity (Wildman–Crippen MR) is 64.1 cm³/mol. The molecule has 1 aromatic rings. The van der Waals surface area contributed by atoms with Crippen LogP contribution in [-0.4, -0.2) is 19.1 Å². The molecule has 0 aliphatic carbocycles. The second kappa shape index (κ2) is 5.77. The number of hydrogen-bond acceptors (Lipinski definition) is 3. The highest BCUT2D eigenvalue weighted by atomic mass is 19.1. The van der Waals surface area contributed by atoms with E-state index < -0.39 is 5.41 Å². The maximum Gasteiger partial charge on any atom is 0.316 e. The van der Waals surface area contributed by atoms with Crippen LogP contribution in [0.1, 0.15) is 25.8 Å². The molecule has 0 radical (unpaired) electrons. The molecule has 94 valence electrons. The maximum absolute atomic E-state index is 13.2. The Hall–Kier alpha value is -1.42. The topological polar surface area (TPSA) is 52.3 Å². The first-order chi connectivity index (χ1) is 8.04. The van der Waals surface area contributed by atoms with Crippen LogP contribution in [0, 0.1) is 5.82 Å². The zero-order valence-corrected chi connectivity index (χ0v) is 10.2. The van der Waals surface area contributed by atoms with Gasteiger partial charge in [0.25, 0.3) is 0 Å². The highest BCUT2D eigenvalue weighted by Gasteiger charge is 2.36. The Kier molecular flexibility index (Phi) is 4.63. The molecule has 0 aliphatic heterocycles. The van der Waals surface area contributed by atoms with Crippen LogP contribution in [0.3, 0.4) is 0 Å². The third kappa shape index (κ3) is 3.03. The lowest BCUT2D eigenvalue weighted by Gasteiger charge is -2.27. The lowest BCUT2D eigenvalue weighted by atomic mass is 9.79. The fraction of sp³-hybridized carbons (Fsp3) is 0.462. The first kappa shape index (κ1) is 13.6. The average Bonchev–Trinajstić information content (AvgIpc) is 2.29. The molecule has 0 aromatic heterocycles. The van der Waals surface area contributed by atoms with E-state index in [-0.39, 0.29) is 11.8 Å². The molecule has 17 heavy (non-hydrogen) atoms. The number of esters is 1. The summed E-state index contributed by atoms with van der Waals surface area (Å²) in [6, 6.07) is 6.00. The Balaban J connectivity index is 3.10. The number of carbonyl (C=O) groups is 1. The second-order valence-corrected chi connectivity index (χ2v) is 4.10. The van der Waals surface area contributed by atoms with E-state index in [2.05, 4.69) is 0 Å². The molecule has 0 bridgehead atoms. The average molecular weight is 239 g/mol. The van der Waals surface area contributed by atoms with Gasteiger partial charge in [-0.15, -0.1) is 0 Å². The van der Waals surface area contributed by atoms with Gasteiger partial charge in [-0.3, -0.25) is 4.79 Å². The molecule has 2 N–H and O–H groups in total. The van der Waals surface area contributed by atoms with Crippen LogP contribution >= 0.6 is 0 Å². The van der Waals surface area contributed by atoms with Gasteiger partial charge in [0.2, 0.25) is 0 Å². The minimum atomic E-state index is -0.882. The first-order valence-corrected chi connectivity index (χ1v) is 5.68. The summed E-state index contributed by atoms with van der Waals surface area (Å²) in [6.07, 6.45) is 0.426. The number of rotatable bonds is 5. The van der Waals surface area contributed by atoms with E-state index in [4.69, 9.17) is 10.5 Å². The summed E-state index contributed by atoms with van der Waals surface area (Å²) in [5.74, 6) is -0.730. The quantitative estimate of drug-likeness (QED) is 0.799. The summed E-state index contributed by atoms with van der Waals surface area (Å²) >= 11 is 0. The lowest BCUT2D eigenvalue weighted by molar-refractivity contribution is -0.149. The van der Waals surface area contributed by atoms with Crippen LogP contribution in [0.2, 0.25) is 0 Å². The molecule has 0 saturated carbocycles. The minimum Gasteiger partial charge on any atom is -0.465 e. The fourth-order valence-corrected chi connectivity index (χ4v) is 1.77. The van der Waals surface area contributed by atoms with Gasteiger partial charge in [0.05, 0.1) is 12.0 Å². The van der Waals surface area contributed by atoms with Gasteiger partial charge < -0.3 is 10.5 Å². The Morgan fingerprint density at radius 2 is 2.24 bits per heavy atom. The molecule has 0 heterocycles. The minimum absolute atomic E-state index is 0.300. The molecule has 0 fully saturated rings. The van der Waals surface area contributed by atoms with Gasteiger partial charge in [0, 0.05) is 0 Å². The van der Waals surface area contributed by atoms with Crippen molar-refractivity contribution in [3.63, 3.8) is 0 Å². The van der Waals surface area contributed by atoms with Crippen LogP contribution < -0.4 is 5.73 Å². The van der Waals surface area contributed by atoms with E-state index in [0.29, 0.717) is 25.1 Å². The van der Waals surface area contributed by atoms with E-state index >= 15 is 0 Å². The van der Waals surface area contributed by atoms with Crippen LogP contribution in [0.25, 0.3) is 0 Å². The van der Waals surface area contributed by atoms with Gasteiger partial charge in [-0.05, 0) is 44.5 Å². The molecule has 3 nitrogen and oxygen atoms in total. The van der Waals surface area contributed by atoms with Crippen molar-refractivity contribution in [2.24, 2.45) is 5.73 Å². The standard InChI is InChI=1S/C13H18FNO2/c1-3-17-12(16)13(2,7-8-15)10-5-4-6-11(14)9-10/h4-6,9H,3,7-8,15H2,1-2H3. The summed E-state index contributed by atoms with van der Waals surface area (Å²) in [5, 5.41) is 0. The lowest BCUT2D eigenvalue weighted by Crippen LogP contribution is -2.36. The number of halogens is 1. The molecule has 1 aromatic carbocycles. The van der Waals surface area contributed by atoms with Crippen molar-refractivity contribution >= 4 is 5.97 Å². The highest BCUT2D eigenvalue weighted by molar-refractivity contribution is 5.82. The normalized spacial score (nSPS) is 14.1. The summed E-state index contributed by atoms with van der Waals surface area (Å²) in [7, 11) is 0. The molecule has 0 spiro atoms. The van der Waals surface area contributed by atoms with Gasteiger partial charge in [0.1, 0.15) is 5.82 Å². The Bertz CT molecular complexity index is 395. The van der Waals surface area contributed by atoms with E-state index in [1.54, 1.807) is 26.0 Å². The summed E-state index contributed by atoms with van der Waals surface area (Å²) in [4.78, 5) is 12.0. The second-order valence-electron chi connectivity index (χ2n) is 4.10. The predicted octanol–water partition coefficient (Wildman–Crippen LogP) is 2.00. The molecule has 0 aliphatic rings. The van der Waals surface area contributed by atoms with E-state index in [1.165, 1.54) is 12.1 Å². The Morgan fingerprint density at radius 1 is 1.53 bits per heavy atom. The summed E-state index contributed by atoms with van der Waals surface area (Å²) in [6.45, 7) is 4.11. The van der Waals surface area contributed by atoms with E-state index in [1.807, 2.05) is 0 Å². The van der Waals surface area contributed by atoms with E-state index in [0.717, 1.165) is 0 Å². The molecule has 0 saturated heterocycles. The van der Waals surface area contributed by atoms with Gasteiger partial charge in [-0.25, -0.2) is 4.39 Å². The van der Waals surface area contributed by atoms with E-state index in [9.17, 15) is 9.18 Å². The first-order valence-electron chi connectivity index (χ1n) is 5.68. The number of benzene rings is 1. The van der Waals surface area contributed by atoms with Crippen LogP contribution in [0.5, 0.6) is 0 Å². The zero-order chi connectivity index (χ0) is 12.9. The largest absolute Gasteiger partial charge is 0.465 e. The smallest absolute Gasteiger partial charge is 0.316 e. The van der Waals surface area contributed by atoms with Crippen molar-refractivity contribution in [2.75, 3.05) is 13.2 Å². The highest BCUT2D eigenvalue weighted by Crippen LogP contribution is 2.29. The Morgan fingerprint density at radius 3 is 2.76 bits per heavy atom. The molecule has 1 unspecified atom stereocenters. The third-order valence-electron chi connectivity index (χ3n) is 2.83. The fourth-order valence-electron chi connectivity index (χ4n) is 1.77. The maximum atomic E-state index is 13.2. The Labute approximate surface area is 101 Å². The van der Waals surface area contributed by atoms with Crippen molar-refractivity contribution in [1.29, 1.82) is 0 Å². The number of ether oxygens (including phenoxy) is 1. The zero-order valence-electron chi connectivity index (χ0n) is 10.2. The van der Waals surface area contributed by atoms with Gasteiger partial charge in [0.15, 0.2) is 0 Å². The van der Waals surface area contributed by atoms with Crippen LogP contribution in [0.15, 0.2) is 24.3 Å². The SMILES string of the molecule is CCOC(=O)C(C)(CCN)c1cccc(F)c1. The molecule has 4 heteroatoms. The molecule has 0 amide bonds. The number of carbonyl (C=O) groups excluding carboxylic acids is 1.